The van der Waals surface area contributed by atoms with E-state index in [0.29, 0.717) is 5.82 Å². The minimum Gasteiger partial charge on any atom is -0.481 e. The van der Waals surface area contributed by atoms with Crippen molar-refractivity contribution >= 4 is 17.9 Å². The molecule has 116 valence electrons. The van der Waals surface area contributed by atoms with E-state index < -0.39 is 23.3 Å². The van der Waals surface area contributed by atoms with E-state index in [1.54, 1.807) is 37.9 Å². The van der Waals surface area contributed by atoms with Crippen LogP contribution in [0.1, 0.15) is 32.5 Å². The third-order valence-electron chi connectivity index (χ3n) is 2.85. The molecular weight excluding hydrogens is 276 g/mol. The number of carboxylic acids is 1. The smallest absolute Gasteiger partial charge is 0.321 e. The van der Waals surface area contributed by atoms with Crippen LogP contribution in [-0.2, 0) is 23.2 Å². The standard InChI is InChI=1S/C13H20N4O4/c1-13(2,7-11(19)20)6-10(18)16-12(21)15-8-9-14-4-5-17(9)3/h4-5H,6-8H2,1-3H3,(H,19,20)(H2,15,16,18,21). The first-order valence-corrected chi connectivity index (χ1v) is 6.45. The van der Waals surface area contributed by atoms with Gasteiger partial charge in [0.1, 0.15) is 5.82 Å². The molecule has 1 heterocycles. The number of hydrogen-bond acceptors (Lipinski definition) is 4. The second kappa shape index (κ2) is 6.87. The molecule has 8 heteroatoms. The fourth-order valence-electron chi connectivity index (χ4n) is 1.85. The normalized spacial score (nSPS) is 11.0. The van der Waals surface area contributed by atoms with Crippen molar-refractivity contribution in [1.29, 1.82) is 0 Å². The minimum absolute atomic E-state index is 0.0465. The molecule has 0 radical (unpaired) electrons. The van der Waals surface area contributed by atoms with Crippen LogP contribution in [-0.4, -0.2) is 32.6 Å². The van der Waals surface area contributed by atoms with Crippen molar-refractivity contribution in [3.05, 3.63) is 18.2 Å². The van der Waals surface area contributed by atoms with Gasteiger partial charge in [-0.25, -0.2) is 9.78 Å². The van der Waals surface area contributed by atoms with Gasteiger partial charge in [-0.2, -0.15) is 0 Å². The van der Waals surface area contributed by atoms with Crippen molar-refractivity contribution < 1.29 is 19.5 Å². The van der Waals surface area contributed by atoms with Gasteiger partial charge in [-0.05, 0) is 5.41 Å². The van der Waals surface area contributed by atoms with Crippen LogP contribution in [0.15, 0.2) is 12.4 Å². The van der Waals surface area contributed by atoms with E-state index in [2.05, 4.69) is 15.6 Å². The molecule has 1 rings (SSSR count). The van der Waals surface area contributed by atoms with Crippen molar-refractivity contribution in [1.82, 2.24) is 20.2 Å². The van der Waals surface area contributed by atoms with Crippen LogP contribution in [0.4, 0.5) is 4.79 Å². The number of amides is 3. The highest BCUT2D eigenvalue weighted by molar-refractivity contribution is 5.94. The molecule has 0 aromatic carbocycles. The van der Waals surface area contributed by atoms with Crippen LogP contribution >= 0.6 is 0 Å². The van der Waals surface area contributed by atoms with Crippen LogP contribution < -0.4 is 10.6 Å². The first-order valence-electron chi connectivity index (χ1n) is 6.45. The molecule has 3 N–H and O–H groups in total. The Labute approximate surface area is 122 Å². The highest BCUT2D eigenvalue weighted by Crippen LogP contribution is 2.24. The highest BCUT2D eigenvalue weighted by atomic mass is 16.4. The number of nitrogens with zero attached hydrogens (tertiary/aromatic N) is 2. The van der Waals surface area contributed by atoms with Gasteiger partial charge in [-0.15, -0.1) is 0 Å². The third-order valence-corrected chi connectivity index (χ3v) is 2.85. The van der Waals surface area contributed by atoms with E-state index in [4.69, 9.17) is 5.11 Å². The van der Waals surface area contributed by atoms with Gasteiger partial charge in [0.25, 0.3) is 0 Å². The van der Waals surface area contributed by atoms with Crippen LogP contribution in [0.25, 0.3) is 0 Å². The Balaban J connectivity index is 2.39. The fraction of sp³-hybridized carbons (Fsp3) is 0.538. The monoisotopic (exact) mass is 296 g/mol. The lowest BCUT2D eigenvalue weighted by Gasteiger charge is -2.21. The SMILES string of the molecule is Cn1ccnc1CNC(=O)NC(=O)CC(C)(C)CC(=O)O. The zero-order valence-electron chi connectivity index (χ0n) is 12.3. The minimum atomic E-state index is -0.980. The Bertz CT molecular complexity index is 536. The molecule has 1 aromatic heterocycles. The number of nitrogens with one attached hydrogen (secondary N) is 2. The van der Waals surface area contributed by atoms with Crippen LogP contribution in [0.2, 0.25) is 0 Å². The third kappa shape index (κ3) is 6.07. The predicted molar refractivity (Wildman–Crippen MR) is 74.2 cm³/mol. The number of aromatic nitrogens is 2. The molecule has 0 saturated carbocycles. The first kappa shape index (κ1) is 16.7. The van der Waals surface area contributed by atoms with E-state index in [0.717, 1.165) is 0 Å². The van der Waals surface area contributed by atoms with Gasteiger partial charge in [-0.1, -0.05) is 13.8 Å². The lowest BCUT2D eigenvalue weighted by atomic mass is 9.85. The van der Waals surface area contributed by atoms with Crippen LogP contribution in [0, 0.1) is 5.41 Å². The maximum Gasteiger partial charge on any atom is 0.321 e. The summed E-state index contributed by atoms with van der Waals surface area (Å²) in [5.41, 5.74) is -0.712. The van der Waals surface area contributed by atoms with Gasteiger partial charge in [0.2, 0.25) is 5.91 Å². The number of carbonyl (C=O) groups is 3. The molecule has 21 heavy (non-hydrogen) atoms. The molecule has 0 unspecified atom stereocenters. The number of aryl methyl sites for hydroxylation is 1. The molecule has 0 saturated heterocycles. The number of carboxylic acid groups (broad SMARTS) is 1. The highest BCUT2D eigenvalue weighted by Gasteiger charge is 2.25. The Morgan fingerprint density at radius 3 is 2.52 bits per heavy atom. The average molecular weight is 296 g/mol. The quantitative estimate of drug-likeness (QED) is 0.712. The molecule has 1 aromatic rings. The largest absolute Gasteiger partial charge is 0.481 e. The van der Waals surface area contributed by atoms with E-state index in [1.807, 2.05) is 0 Å². The van der Waals surface area contributed by atoms with Crippen molar-refractivity contribution in [2.45, 2.75) is 33.2 Å². The molecule has 0 bridgehead atoms. The van der Waals surface area contributed by atoms with Crippen LogP contribution in [0.5, 0.6) is 0 Å². The number of aliphatic carboxylic acids is 1. The summed E-state index contributed by atoms with van der Waals surface area (Å²) in [5, 5.41) is 13.4. The molecule has 0 aliphatic rings. The maximum atomic E-state index is 11.7. The second-order valence-electron chi connectivity index (χ2n) is 5.60. The van der Waals surface area contributed by atoms with Crippen LogP contribution in [0.3, 0.4) is 0 Å². The maximum absolute atomic E-state index is 11.7. The van der Waals surface area contributed by atoms with Crippen molar-refractivity contribution in [3.63, 3.8) is 0 Å². The molecule has 0 aliphatic heterocycles. The van der Waals surface area contributed by atoms with Gasteiger partial charge < -0.3 is 15.0 Å². The van der Waals surface area contributed by atoms with Gasteiger partial charge >= 0.3 is 12.0 Å². The molecular formula is C13H20N4O4. The Morgan fingerprint density at radius 2 is 2.00 bits per heavy atom. The number of carbonyl (C=O) groups excluding carboxylic acids is 2. The molecule has 3 amide bonds. The van der Waals surface area contributed by atoms with Crippen molar-refractivity contribution in [2.75, 3.05) is 0 Å². The van der Waals surface area contributed by atoms with Gasteiger partial charge in [0, 0.05) is 25.9 Å². The summed E-state index contributed by atoms with van der Waals surface area (Å²) in [6, 6.07) is -0.630. The predicted octanol–water partition coefficient (Wildman–Crippen LogP) is 0.637. The van der Waals surface area contributed by atoms with E-state index >= 15 is 0 Å². The summed E-state index contributed by atoms with van der Waals surface area (Å²) < 4.78 is 1.75. The number of imide groups is 1. The summed E-state index contributed by atoms with van der Waals surface area (Å²) in [5.74, 6) is -0.838. The summed E-state index contributed by atoms with van der Waals surface area (Å²) in [7, 11) is 1.79. The summed E-state index contributed by atoms with van der Waals surface area (Å²) in [4.78, 5) is 38.0. The Morgan fingerprint density at radius 1 is 1.33 bits per heavy atom. The van der Waals surface area contributed by atoms with E-state index in [9.17, 15) is 14.4 Å². The summed E-state index contributed by atoms with van der Waals surface area (Å²) in [6.45, 7) is 3.51. The number of urea groups is 1. The van der Waals surface area contributed by atoms with Gasteiger partial charge in [0.05, 0.1) is 13.0 Å². The second-order valence-corrected chi connectivity index (χ2v) is 5.60. The first-order chi connectivity index (χ1) is 9.69. The lowest BCUT2D eigenvalue weighted by molar-refractivity contribution is -0.139. The zero-order chi connectivity index (χ0) is 16.0. The molecule has 8 nitrogen and oxygen atoms in total. The lowest BCUT2D eigenvalue weighted by Crippen LogP contribution is -2.41. The molecule has 0 atom stereocenters. The summed E-state index contributed by atoms with van der Waals surface area (Å²) in [6.07, 6.45) is 3.16. The average Bonchev–Trinajstić information content (AvgIpc) is 2.69. The van der Waals surface area contributed by atoms with Crippen molar-refractivity contribution in [3.8, 4) is 0 Å². The zero-order valence-corrected chi connectivity index (χ0v) is 12.3. The number of imidazole rings is 1. The van der Waals surface area contributed by atoms with Crippen molar-refractivity contribution in [2.24, 2.45) is 12.5 Å². The molecule has 0 aliphatic carbocycles. The number of hydrogen-bond donors (Lipinski definition) is 3. The molecule has 0 spiro atoms. The van der Waals surface area contributed by atoms with E-state index in [-0.39, 0.29) is 19.4 Å². The van der Waals surface area contributed by atoms with Gasteiger partial charge in [-0.3, -0.25) is 14.9 Å². The topological polar surface area (TPSA) is 113 Å². The Kier molecular flexibility index (Phi) is 5.45. The fourth-order valence-corrected chi connectivity index (χ4v) is 1.85. The van der Waals surface area contributed by atoms with Gasteiger partial charge in [0.15, 0.2) is 0 Å². The Hall–Kier alpha value is -2.38. The summed E-state index contributed by atoms with van der Waals surface area (Å²) >= 11 is 0. The van der Waals surface area contributed by atoms with E-state index in [1.165, 1.54) is 0 Å². The molecule has 0 fully saturated rings. The number of rotatable bonds is 6.